The first-order chi connectivity index (χ1) is 7.31. The molecule has 0 bridgehead atoms. The number of hydrogen-bond donors (Lipinski definition) is 2. The molecule has 5 nitrogen and oxygen atoms in total. The topological polar surface area (TPSA) is 80.5 Å². The van der Waals surface area contributed by atoms with Gasteiger partial charge in [0.05, 0.1) is 0 Å². The van der Waals surface area contributed by atoms with Crippen molar-refractivity contribution in [2.75, 3.05) is 6.54 Å². The van der Waals surface area contributed by atoms with Gasteiger partial charge in [-0.3, -0.25) is 0 Å². The Morgan fingerprint density at radius 1 is 1.33 bits per heavy atom. The highest BCUT2D eigenvalue weighted by molar-refractivity contribution is 5.54. The van der Waals surface area contributed by atoms with Gasteiger partial charge in [0, 0.05) is 5.56 Å². The van der Waals surface area contributed by atoms with Gasteiger partial charge in [-0.15, -0.1) is 10.2 Å². The van der Waals surface area contributed by atoms with E-state index < -0.39 is 0 Å². The lowest BCUT2D eigenvalue weighted by molar-refractivity contribution is 0.774. The zero-order chi connectivity index (χ0) is 10.7. The van der Waals surface area contributed by atoms with Crippen LogP contribution in [0, 0.1) is 0 Å². The summed E-state index contributed by atoms with van der Waals surface area (Å²) in [6, 6.07) is 8.05. The number of aromatic amines is 1. The maximum absolute atomic E-state index is 5.60. The SMILES string of the molecule is CC(CN)c1ccc(-c2nn[nH]n2)cc1. The van der Waals surface area contributed by atoms with Gasteiger partial charge in [0.15, 0.2) is 0 Å². The van der Waals surface area contributed by atoms with Gasteiger partial charge in [0.2, 0.25) is 5.82 Å². The molecule has 0 aliphatic carbocycles. The Kier molecular flexibility index (Phi) is 2.73. The molecule has 0 saturated heterocycles. The van der Waals surface area contributed by atoms with Crippen molar-refractivity contribution < 1.29 is 0 Å². The van der Waals surface area contributed by atoms with E-state index in [9.17, 15) is 0 Å². The lowest BCUT2D eigenvalue weighted by atomic mass is 10.00. The van der Waals surface area contributed by atoms with Crippen LogP contribution in [0.25, 0.3) is 11.4 Å². The number of H-pyrrole nitrogens is 1. The van der Waals surface area contributed by atoms with E-state index >= 15 is 0 Å². The summed E-state index contributed by atoms with van der Waals surface area (Å²) in [7, 11) is 0. The van der Waals surface area contributed by atoms with Crippen molar-refractivity contribution in [1.29, 1.82) is 0 Å². The van der Waals surface area contributed by atoms with Gasteiger partial charge in [0.25, 0.3) is 0 Å². The van der Waals surface area contributed by atoms with Crippen molar-refractivity contribution in [1.82, 2.24) is 20.6 Å². The molecule has 0 fully saturated rings. The van der Waals surface area contributed by atoms with E-state index in [2.05, 4.69) is 27.5 Å². The van der Waals surface area contributed by atoms with Gasteiger partial charge in [-0.2, -0.15) is 5.21 Å². The predicted molar refractivity (Wildman–Crippen MR) is 57.1 cm³/mol. The highest BCUT2D eigenvalue weighted by atomic mass is 15.5. The third kappa shape index (κ3) is 2.02. The van der Waals surface area contributed by atoms with Crippen LogP contribution in [0.2, 0.25) is 0 Å². The highest BCUT2D eigenvalue weighted by Crippen LogP contribution is 2.18. The van der Waals surface area contributed by atoms with Crippen LogP contribution in [0.1, 0.15) is 18.4 Å². The minimum absolute atomic E-state index is 0.379. The highest BCUT2D eigenvalue weighted by Gasteiger charge is 2.05. The molecular weight excluding hydrogens is 190 g/mol. The minimum atomic E-state index is 0.379. The Morgan fingerprint density at radius 2 is 2.07 bits per heavy atom. The maximum atomic E-state index is 5.60. The lowest BCUT2D eigenvalue weighted by Crippen LogP contribution is -2.08. The molecule has 1 aromatic carbocycles. The molecule has 5 heteroatoms. The summed E-state index contributed by atoms with van der Waals surface area (Å²) in [4.78, 5) is 0. The number of hydrogen-bond acceptors (Lipinski definition) is 4. The van der Waals surface area contributed by atoms with E-state index in [4.69, 9.17) is 5.73 Å². The van der Waals surface area contributed by atoms with Crippen molar-refractivity contribution in [3.05, 3.63) is 29.8 Å². The Bertz CT molecular complexity index is 406. The molecule has 1 atom stereocenters. The second kappa shape index (κ2) is 4.18. The molecule has 0 spiro atoms. The predicted octanol–water partition coefficient (Wildman–Crippen LogP) is 0.929. The third-order valence-electron chi connectivity index (χ3n) is 2.44. The van der Waals surface area contributed by atoms with E-state index in [1.54, 1.807) is 0 Å². The molecule has 0 aliphatic rings. The molecule has 0 aliphatic heterocycles. The fourth-order valence-electron chi connectivity index (χ4n) is 1.38. The Labute approximate surface area is 87.7 Å². The average molecular weight is 203 g/mol. The summed E-state index contributed by atoms with van der Waals surface area (Å²) in [5.74, 6) is 0.992. The monoisotopic (exact) mass is 203 g/mol. The first-order valence-electron chi connectivity index (χ1n) is 4.85. The molecule has 2 aromatic rings. The van der Waals surface area contributed by atoms with Crippen LogP contribution in [0.5, 0.6) is 0 Å². The number of benzene rings is 1. The molecule has 0 saturated carbocycles. The fraction of sp³-hybridized carbons (Fsp3) is 0.300. The first-order valence-corrected chi connectivity index (χ1v) is 4.85. The number of nitrogens with zero attached hydrogens (tertiary/aromatic N) is 3. The van der Waals surface area contributed by atoms with Crippen LogP contribution >= 0.6 is 0 Å². The number of nitrogens with one attached hydrogen (secondary N) is 1. The lowest BCUT2D eigenvalue weighted by Gasteiger charge is -2.08. The van der Waals surface area contributed by atoms with E-state index in [0.717, 1.165) is 5.56 Å². The van der Waals surface area contributed by atoms with Crippen molar-refractivity contribution >= 4 is 0 Å². The van der Waals surface area contributed by atoms with Crippen molar-refractivity contribution in [3.8, 4) is 11.4 Å². The van der Waals surface area contributed by atoms with Crippen LogP contribution in [0.4, 0.5) is 0 Å². The molecule has 78 valence electrons. The molecule has 0 amide bonds. The van der Waals surface area contributed by atoms with Crippen LogP contribution < -0.4 is 5.73 Å². The smallest absolute Gasteiger partial charge is 0.204 e. The summed E-state index contributed by atoms with van der Waals surface area (Å²) in [6.45, 7) is 2.75. The van der Waals surface area contributed by atoms with Gasteiger partial charge < -0.3 is 5.73 Å². The summed E-state index contributed by atoms with van der Waals surface area (Å²) in [6.07, 6.45) is 0. The molecule has 1 unspecified atom stereocenters. The zero-order valence-corrected chi connectivity index (χ0v) is 8.51. The Balaban J connectivity index is 2.25. The van der Waals surface area contributed by atoms with E-state index in [1.807, 2.05) is 24.3 Å². The van der Waals surface area contributed by atoms with Crippen LogP contribution in [-0.2, 0) is 0 Å². The van der Waals surface area contributed by atoms with Crippen LogP contribution in [0.15, 0.2) is 24.3 Å². The minimum Gasteiger partial charge on any atom is -0.330 e. The summed E-state index contributed by atoms with van der Waals surface area (Å²) in [5.41, 5.74) is 7.78. The number of rotatable bonds is 3. The van der Waals surface area contributed by atoms with E-state index in [0.29, 0.717) is 18.3 Å². The second-order valence-corrected chi connectivity index (χ2v) is 3.49. The summed E-state index contributed by atoms with van der Waals surface area (Å²) in [5, 5.41) is 13.8. The molecular formula is C10H13N5. The molecule has 3 N–H and O–H groups in total. The third-order valence-corrected chi connectivity index (χ3v) is 2.44. The molecule has 1 aromatic heterocycles. The van der Waals surface area contributed by atoms with Gasteiger partial charge >= 0.3 is 0 Å². The normalized spacial score (nSPS) is 12.7. The number of aromatic nitrogens is 4. The van der Waals surface area contributed by atoms with Crippen LogP contribution in [-0.4, -0.2) is 27.2 Å². The maximum Gasteiger partial charge on any atom is 0.204 e. The van der Waals surface area contributed by atoms with Crippen molar-refractivity contribution in [3.63, 3.8) is 0 Å². The Morgan fingerprint density at radius 3 is 2.60 bits per heavy atom. The van der Waals surface area contributed by atoms with Gasteiger partial charge in [-0.1, -0.05) is 31.2 Å². The summed E-state index contributed by atoms with van der Waals surface area (Å²) < 4.78 is 0. The quantitative estimate of drug-likeness (QED) is 0.777. The number of nitrogens with two attached hydrogens (primary N) is 1. The Hall–Kier alpha value is -1.75. The van der Waals surface area contributed by atoms with Crippen LogP contribution in [0.3, 0.4) is 0 Å². The molecule has 2 rings (SSSR count). The largest absolute Gasteiger partial charge is 0.330 e. The average Bonchev–Trinajstić information content (AvgIpc) is 2.82. The van der Waals surface area contributed by atoms with E-state index in [-0.39, 0.29) is 0 Å². The molecule has 0 radical (unpaired) electrons. The summed E-state index contributed by atoms with van der Waals surface area (Å²) >= 11 is 0. The van der Waals surface area contributed by atoms with Crippen molar-refractivity contribution in [2.24, 2.45) is 5.73 Å². The molecule has 1 heterocycles. The van der Waals surface area contributed by atoms with Gasteiger partial charge in [0.1, 0.15) is 0 Å². The van der Waals surface area contributed by atoms with Gasteiger partial charge in [-0.05, 0) is 23.2 Å². The standard InChI is InChI=1S/C10H13N5/c1-7(6-11)8-2-4-9(5-3-8)10-12-14-15-13-10/h2-5,7H,6,11H2,1H3,(H,12,13,14,15). The second-order valence-electron chi connectivity index (χ2n) is 3.49. The number of tetrazole rings is 1. The van der Waals surface area contributed by atoms with Crippen molar-refractivity contribution in [2.45, 2.75) is 12.8 Å². The first kappa shape index (κ1) is 9.79. The zero-order valence-electron chi connectivity index (χ0n) is 8.51. The van der Waals surface area contributed by atoms with E-state index in [1.165, 1.54) is 5.56 Å². The van der Waals surface area contributed by atoms with Gasteiger partial charge in [-0.25, -0.2) is 0 Å². The fourth-order valence-corrected chi connectivity index (χ4v) is 1.38. The molecule has 15 heavy (non-hydrogen) atoms.